The fraction of sp³-hybridized carbons (Fsp3) is 0.308. The van der Waals surface area contributed by atoms with E-state index < -0.39 is 0 Å². The van der Waals surface area contributed by atoms with Gasteiger partial charge < -0.3 is 10.6 Å². The molecule has 0 radical (unpaired) electrons. The molecule has 0 saturated carbocycles. The number of nitrogen functional groups attached to an aromatic ring is 1. The van der Waals surface area contributed by atoms with Crippen LogP contribution in [-0.2, 0) is 0 Å². The maximum Gasteiger partial charge on any atom is 0.136 e. The number of hydrogen-bond donors (Lipinski definition) is 2. The molecule has 1 atom stereocenters. The van der Waals surface area contributed by atoms with E-state index in [0.717, 1.165) is 36.4 Å². The van der Waals surface area contributed by atoms with Gasteiger partial charge in [-0.3, -0.25) is 3.53 Å². The van der Waals surface area contributed by atoms with Gasteiger partial charge in [0.15, 0.2) is 0 Å². The third kappa shape index (κ3) is 2.12. The number of nitrogens with zero attached hydrogens (tertiary/aromatic N) is 2. The smallest absolute Gasteiger partial charge is 0.136 e. The average Bonchev–Trinajstić information content (AvgIpc) is 2.86. The molecular weight excluding hydrogens is 339 g/mol. The van der Waals surface area contributed by atoms with Crippen LogP contribution in [0.1, 0.15) is 6.42 Å². The Bertz CT molecular complexity index is 572. The fourth-order valence-electron chi connectivity index (χ4n) is 2.47. The van der Waals surface area contributed by atoms with Gasteiger partial charge in [0, 0.05) is 59.3 Å². The second-order valence-corrected chi connectivity index (χ2v) is 5.28. The lowest BCUT2D eigenvalue weighted by Gasteiger charge is -2.19. The molecule has 18 heavy (non-hydrogen) atoms. The van der Waals surface area contributed by atoms with Crippen LogP contribution in [0.5, 0.6) is 0 Å². The summed E-state index contributed by atoms with van der Waals surface area (Å²) in [6.07, 6.45) is 3.03. The maximum absolute atomic E-state index is 5.83. The van der Waals surface area contributed by atoms with Crippen LogP contribution in [0.15, 0.2) is 30.5 Å². The zero-order valence-electron chi connectivity index (χ0n) is 9.94. The quantitative estimate of drug-likeness (QED) is 0.494. The highest BCUT2D eigenvalue weighted by atomic mass is 127. The molecule has 1 aliphatic heterocycles. The van der Waals surface area contributed by atoms with Crippen molar-refractivity contribution in [1.82, 2.24) is 8.51 Å². The minimum atomic E-state index is 0.552. The monoisotopic (exact) mass is 354 g/mol. The molecule has 0 aliphatic carbocycles. The molecule has 0 amide bonds. The van der Waals surface area contributed by atoms with Gasteiger partial charge >= 0.3 is 0 Å². The molecular formula is C13H15IN4. The molecule has 0 bridgehead atoms. The van der Waals surface area contributed by atoms with Gasteiger partial charge in [-0.05, 0) is 36.1 Å². The van der Waals surface area contributed by atoms with E-state index in [1.54, 1.807) is 0 Å². The van der Waals surface area contributed by atoms with Gasteiger partial charge in [-0.1, -0.05) is 0 Å². The number of nitrogens with two attached hydrogens (primary N) is 1. The normalized spacial score (nSPS) is 19.6. The molecule has 3 rings (SSSR count). The van der Waals surface area contributed by atoms with Crippen LogP contribution in [0.25, 0.3) is 10.8 Å². The van der Waals surface area contributed by atoms with Crippen LogP contribution in [0.3, 0.4) is 0 Å². The van der Waals surface area contributed by atoms with E-state index in [9.17, 15) is 0 Å². The average molecular weight is 354 g/mol. The first-order valence-electron chi connectivity index (χ1n) is 6.03. The third-order valence-electron chi connectivity index (χ3n) is 3.41. The van der Waals surface area contributed by atoms with Crippen molar-refractivity contribution >= 4 is 45.1 Å². The molecule has 3 N–H and O–H groups in total. The number of pyridine rings is 1. The Hall–Kier alpha value is -1.08. The van der Waals surface area contributed by atoms with Crippen molar-refractivity contribution in [3.8, 4) is 0 Å². The summed E-state index contributed by atoms with van der Waals surface area (Å²) in [5.74, 6) is 1.07. The molecule has 1 aromatic heterocycles. The lowest BCUT2D eigenvalue weighted by atomic mass is 10.1. The third-order valence-corrected chi connectivity index (χ3v) is 4.29. The number of hydrogen-bond acceptors (Lipinski definition) is 4. The van der Waals surface area contributed by atoms with Gasteiger partial charge in [0.2, 0.25) is 0 Å². The number of benzene rings is 1. The lowest BCUT2D eigenvalue weighted by molar-refractivity contribution is 0.719. The Balaban J connectivity index is 2.02. The van der Waals surface area contributed by atoms with E-state index >= 15 is 0 Å². The topological polar surface area (TPSA) is 54.2 Å². The fourth-order valence-corrected chi connectivity index (χ4v) is 2.98. The molecule has 2 aromatic rings. The summed E-state index contributed by atoms with van der Waals surface area (Å²) in [5, 5.41) is 2.34. The van der Waals surface area contributed by atoms with E-state index in [-0.39, 0.29) is 0 Å². The maximum atomic E-state index is 5.83. The number of halogens is 1. The van der Waals surface area contributed by atoms with Crippen LogP contribution in [0.4, 0.5) is 11.5 Å². The minimum Gasteiger partial charge on any atom is -0.399 e. The zero-order valence-corrected chi connectivity index (χ0v) is 12.1. The Labute approximate surface area is 120 Å². The summed E-state index contributed by atoms with van der Waals surface area (Å²) in [5.41, 5.74) is 6.62. The highest BCUT2D eigenvalue weighted by Crippen LogP contribution is 2.28. The summed E-state index contributed by atoms with van der Waals surface area (Å²) >= 11 is 2.23. The highest BCUT2D eigenvalue weighted by Gasteiger charge is 2.23. The molecule has 0 spiro atoms. The van der Waals surface area contributed by atoms with E-state index in [4.69, 9.17) is 5.73 Å². The summed E-state index contributed by atoms with van der Waals surface area (Å²) in [7, 11) is 0. The largest absolute Gasteiger partial charge is 0.399 e. The predicted octanol–water partition coefficient (Wildman–Crippen LogP) is 2.34. The van der Waals surface area contributed by atoms with Crippen molar-refractivity contribution in [2.45, 2.75) is 12.5 Å². The van der Waals surface area contributed by atoms with Crippen LogP contribution >= 0.6 is 22.9 Å². The van der Waals surface area contributed by atoms with Crippen molar-refractivity contribution in [2.24, 2.45) is 0 Å². The summed E-state index contributed by atoms with van der Waals surface area (Å²) in [4.78, 5) is 6.88. The van der Waals surface area contributed by atoms with Crippen molar-refractivity contribution < 1.29 is 0 Å². The number of anilines is 2. The first-order chi connectivity index (χ1) is 8.78. The molecule has 5 heteroatoms. The standard InChI is InChI=1S/C13H15IN4/c14-17-11-4-6-18(8-11)13-12-2-1-10(15)7-9(12)3-5-16-13/h1-3,5,7,11,17H,4,6,8,15H2/t11-/m1/s1. The summed E-state index contributed by atoms with van der Waals surface area (Å²) in [6.45, 7) is 2.07. The number of aromatic nitrogens is 1. The van der Waals surface area contributed by atoms with Crippen LogP contribution < -0.4 is 14.2 Å². The first kappa shape index (κ1) is 12.0. The SMILES string of the molecule is Nc1ccc2c(N3CC[C@@H](NI)C3)nccc2c1. The Morgan fingerprint density at radius 3 is 3.06 bits per heavy atom. The Morgan fingerprint density at radius 2 is 2.28 bits per heavy atom. The molecule has 1 fully saturated rings. The molecule has 2 heterocycles. The van der Waals surface area contributed by atoms with Crippen molar-refractivity contribution in [2.75, 3.05) is 23.7 Å². The van der Waals surface area contributed by atoms with Gasteiger partial charge in [0.05, 0.1) is 0 Å². The zero-order chi connectivity index (χ0) is 12.5. The molecule has 1 aliphatic rings. The van der Waals surface area contributed by atoms with Crippen LogP contribution in [0, 0.1) is 0 Å². The van der Waals surface area contributed by atoms with E-state index in [1.165, 1.54) is 5.39 Å². The van der Waals surface area contributed by atoms with Gasteiger partial charge in [0.1, 0.15) is 5.82 Å². The lowest BCUT2D eigenvalue weighted by Crippen LogP contribution is -2.27. The highest BCUT2D eigenvalue weighted by molar-refractivity contribution is 14.1. The molecule has 1 saturated heterocycles. The second-order valence-electron chi connectivity index (χ2n) is 4.66. The van der Waals surface area contributed by atoms with Crippen molar-refractivity contribution in [3.63, 3.8) is 0 Å². The summed E-state index contributed by atoms with van der Waals surface area (Å²) < 4.78 is 3.30. The van der Waals surface area contributed by atoms with Gasteiger partial charge in [-0.15, -0.1) is 0 Å². The van der Waals surface area contributed by atoms with Gasteiger partial charge in [-0.2, -0.15) is 0 Å². The summed E-state index contributed by atoms with van der Waals surface area (Å²) in [6, 6.07) is 8.58. The molecule has 94 valence electrons. The number of nitrogens with one attached hydrogen (secondary N) is 1. The van der Waals surface area contributed by atoms with E-state index in [2.05, 4.69) is 42.3 Å². The van der Waals surface area contributed by atoms with E-state index in [0.29, 0.717) is 6.04 Å². The van der Waals surface area contributed by atoms with Crippen molar-refractivity contribution in [3.05, 3.63) is 30.5 Å². The Morgan fingerprint density at radius 1 is 1.39 bits per heavy atom. The van der Waals surface area contributed by atoms with Crippen molar-refractivity contribution in [1.29, 1.82) is 0 Å². The number of fused-ring (bicyclic) bond motifs is 1. The van der Waals surface area contributed by atoms with Crippen LogP contribution in [0.2, 0.25) is 0 Å². The van der Waals surface area contributed by atoms with Crippen LogP contribution in [-0.4, -0.2) is 24.1 Å². The molecule has 4 nitrogen and oxygen atoms in total. The molecule has 1 aromatic carbocycles. The minimum absolute atomic E-state index is 0.552. The first-order valence-corrected chi connectivity index (χ1v) is 7.11. The predicted molar refractivity (Wildman–Crippen MR) is 83.9 cm³/mol. The van der Waals surface area contributed by atoms with Gasteiger partial charge in [-0.25, -0.2) is 4.98 Å². The van der Waals surface area contributed by atoms with Gasteiger partial charge in [0.25, 0.3) is 0 Å². The number of rotatable bonds is 2. The second kappa shape index (κ2) is 4.89. The van der Waals surface area contributed by atoms with E-state index in [1.807, 2.05) is 24.4 Å². The Kier molecular flexibility index (Phi) is 3.25. The molecule has 0 unspecified atom stereocenters.